The molecule has 0 aliphatic carbocycles. The Balaban J connectivity index is 1.13. The highest BCUT2D eigenvalue weighted by Gasteiger charge is 2.42. The fourth-order valence-corrected chi connectivity index (χ4v) is 7.75. The zero-order chi connectivity index (χ0) is 34.4. The van der Waals surface area contributed by atoms with E-state index in [1.807, 2.05) is 37.1 Å². The number of imidazole rings is 1. The molecule has 4 aromatic heterocycles. The van der Waals surface area contributed by atoms with Crippen molar-refractivity contribution in [1.82, 2.24) is 39.6 Å². The van der Waals surface area contributed by atoms with E-state index in [1.54, 1.807) is 18.2 Å². The Morgan fingerprint density at radius 2 is 1.92 bits per heavy atom. The molecule has 1 saturated heterocycles. The number of carbonyl (C=O) groups is 2. The summed E-state index contributed by atoms with van der Waals surface area (Å²) >= 11 is 0. The van der Waals surface area contributed by atoms with Crippen LogP contribution in [0.2, 0.25) is 0 Å². The molecule has 1 aromatic carbocycles. The lowest BCUT2D eigenvalue weighted by atomic mass is 9.92. The second kappa shape index (κ2) is 13.2. The van der Waals surface area contributed by atoms with E-state index in [9.17, 15) is 9.59 Å². The van der Waals surface area contributed by atoms with Crippen molar-refractivity contribution in [1.29, 1.82) is 0 Å². The van der Waals surface area contributed by atoms with E-state index in [2.05, 4.69) is 36.9 Å². The summed E-state index contributed by atoms with van der Waals surface area (Å²) in [5, 5.41) is 7.32. The number of benzene rings is 1. The van der Waals surface area contributed by atoms with Crippen molar-refractivity contribution < 1.29 is 18.7 Å². The quantitative estimate of drug-likeness (QED) is 0.275. The van der Waals surface area contributed by atoms with Gasteiger partial charge in [-0.05, 0) is 80.6 Å². The largest absolute Gasteiger partial charge is 0.378 e. The van der Waals surface area contributed by atoms with Crippen molar-refractivity contribution >= 4 is 33.9 Å². The lowest BCUT2D eigenvalue weighted by Gasteiger charge is -2.33. The monoisotopic (exact) mass is 678 g/mol. The number of nitrogens with zero attached hydrogens (tertiary/aromatic N) is 6. The first-order valence-electron chi connectivity index (χ1n) is 17.8. The normalized spacial score (nSPS) is 23.6. The number of hydrogen-bond donors (Lipinski definition) is 2. The summed E-state index contributed by atoms with van der Waals surface area (Å²) in [7, 11) is 2.03. The maximum Gasteiger partial charge on any atom is 0.264 e. The van der Waals surface area contributed by atoms with Crippen molar-refractivity contribution in [2.45, 2.75) is 69.7 Å². The second-order valence-corrected chi connectivity index (χ2v) is 13.9. The summed E-state index contributed by atoms with van der Waals surface area (Å²) in [6, 6.07) is 14.7. The number of fused-ring (bicyclic) bond motifs is 3. The Labute approximate surface area is 290 Å². The van der Waals surface area contributed by atoms with Gasteiger partial charge in [0.1, 0.15) is 5.65 Å². The molecule has 3 aliphatic heterocycles. The second-order valence-electron chi connectivity index (χ2n) is 13.9. The maximum absolute atomic E-state index is 16.5. The molecule has 0 radical (unpaired) electrons. The first-order valence-corrected chi connectivity index (χ1v) is 17.8. The summed E-state index contributed by atoms with van der Waals surface area (Å²) in [4.78, 5) is 43.5. The van der Waals surface area contributed by atoms with Crippen LogP contribution in [-0.4, -0.2) is 79.7 Å². The maximum atomic E-state index is 16.5. The third-order valence-electron chi connectivity index (χ3n) is 10.6. The highest BCUT2D eigenvalue weighted by molar-refractivity contribution is 6.00. The Hall–Kier alpha value is -4.68. The molecule has 260 valence electrons. The SMILES string of the molecule is C[C@H]1NC(=O)C(F)(c2ccccn2)CCCCCCn2c(-c3nc4cc5c(cc4n3C)CCN(C[C@H]3COCCN3)C5=O)cc3ccc1nc32. The van der Waals surface area contributed by atoms with Crippen LogP contribution in [0.3, 0.4) is 0 Å². The number of aromatic nitrogens is 5. The van der Waals surface area contributed by atoms with Gasteiger partial charge in [-0.25, -0.2) is 14.4 Å². The minimum Gasteiger partial charge on any atom is -0.378 e. The Bertz CT molecular complexity index is 2070. The smallest absolute Gasteiger partial charge is 0.264 e. The molecule has 7 heterocycles. The van der Waals surface area contributed by atoms with Gasteiger partial charge in [0.05, 0.1) is 47.4 Å². The van der Waals surface area contributed by atoms with Crippen LogP contribution in [0.25, 0.3) is 33.6 Å². The molecule has 50 heavy (non-hydrogen) atoms. The zero-order valence-corrected chi connectivity index (χ0v) is 28.6. The molecule has 3 atom stereocenters. The van der Waals surface area contributed by atoms with E-state index in [0.717, 1.165) is 76.9 Å². The molecule has 0 spiro atoms. The molecule has 8 rings (SSSR count). The summed E-state index contributed by atoms with van der Waals surface area (Å²) in [6.07, 6.45) is 5.44. The van der Waals surface area contributed by atoms with Crippen molar-refractivity contribution in [2.24, 2.45) is 7.05 Å². The number of alkyl halides is 1. The van der Waals surface area contributed by atoms with Crippen molar-refractivity contribution in [3.05, 3.63) is 77.2 Å². The minimum absolute atomic E-state index is 0.0398. The Morgan fingerprint density at radius 1 is 1.04 bits per heavy atom. The topological polar surface area (TPSA) is 119 Å². The van der Waals surface area contributed by atoms with Gasteiger partial charge in [-0.2, -0.15) is 0 Å². The predicted molar refractivity (Wildman–Crippen MR) is 188 cm³/mol. The fraction of sp³-hybridized carbons (Fsp3) is 0.447. The van der Waals surface area contributed by atoms with E-state index in [0.29, 0.717) is 45.0 Å². The van der Waals surface area contributed by atoms with E-state index >= 15 is 4.39 Å². The summed E-state index contributed by atoms with van der Waals surface area (Å²) < 4.78 is 26.5. The number of rotatable bonds is 4. The first-order chi connectivity index (χ1) is 24.3. The third-order valence-corrected chi connectivity index (χ3v) is 10.6. The standard InChI is InChI=1S/C38H43FN8O3/c1-24-29-11-10-26-20-32(47(34(26)43-29)16-8-4-3-6-13-38(39,37(49)42-24)33-9-5-7-14-41-33)35-44-30-21-28-25(19-31(30)45(35)2)12-17-46(36(28)48)22-27-23-50-18-15-40-27/h5,7,9-11,14,19-21,24,27,40H,3-4,6,8,12-13,15-18,22-23H2,1-2H3,(H,42,49)/t24-,27+,38?/m1/s1. The predicted octanol–water partition coefficient (Wildman–Crippen LogP) is 4.98. The van der Waals surface area contributed by atoms with Gasteiger partial charge in [-0.3, -0.25) is 14.6 Å². The lowest BCUT2D eigenvalue weighted by molar-refractivity contribution is -0.135. The molecule has 1 fully saturated rings. The van der Waals surface area contributed by atoms with Crippen LogP contribution in [0, 0.1) is 0 Å². The molecule has 11 nitrogen and oxygen atoms in total. The van der Waals surface area contributed by atoms with Crippen molar-refractivity contribution in [3.63, 3.8) is 0 Å². The van der Waals surface area contributed by atoms with Gasteiger partial charge >= 0.3 is 0 Å². The van der Waals surface area contributed by atoms with Crippen LogP contribution in [0.1, 0.15) is 72.4 Å². The highest BCUT2D eigenvalue weighted by atomic mass is 19.1. The van der Waals surface area contributed by atoms with Gasteiger partial charge in [0, 0.05) is 56.4 Å². The number of nitrogens with one attached hydrogen (secondary N) is 2. The molecule has 2 N–H and O–H groups in total. The zero-order valence-electron chi connectivity index (χ0n) is 28.6. The van der Waals surface area contributed by atoms with Crippen molar-refractivity contribution in [2.75, 3.05) is 32.8 Å². The van der Waals surface area contributed by atoms with Gasteiger partial charge < -0.3 is 29.4 Å². The molecule has 0 saturated carbocycles. The third kappa shape index (κ3) is 5.83. The number of aryl methyl sites for hydroxylation is 2. The van der Waals surface area contributed by atoms with Crippen LogP contribution in [-0.2, 0) is 35.2 Å². The first kappa shape index (κ1) is 32.5. The van der Waals surface area contributed by atoms with Gasteiger partial charge in [0.25, 0.3) is 11.8 Å². The Morgan fingerprint density at radius 3 is 2.74 bits per heavy atom. The number of carbonyl (C=O) groups excluding carboxylic acids is 2. The molecular formula is C38H43FN8O3. The van der Waals surface area contributed by atoms with E-state index in [-0.39, 0.29) is 24.1 Å². The lowest BCUT2D eigenvalue weighted by Crippen LogP contribution is -2.51. The number of amides is 2. The number of hydrogen-bond acceptors (Lipinski definition) is 7. The number of ether oxygens (including phenoxy) is 1. The average Bonchev–Trinajstić information content (AvgIpc) is 3.66. The summed E-state index contributed by atoms with van der Waals surface area (Å²) in [5.74, 6) is 0.148. The van der Waals surface area contributed by atoms with E-state index in [1.165, 1.54) is 6.20 Å². The van der Waals surface area contributed by atoms with E-state index < -0.39 is 17.6 Å². The molecule has 12 heteroatoms. The van der Waals surface area contributed by atoms with Crippen LogP contribution < -0.4 is 10.6 Å². The average molecular weight is 679 g/mol. The van der Waals surface area contributed by atoms with Crippen LogP contribution in [0.15, 0.2) is 54.7 Å². The fourth-order valence-electron chi connectivity index (χ4n) is 7.75. The highest BCUT2D eigenvalue weighted by Crippen LogP contribution is 2.35. The summed E-state index contributed by atoms with van der Waals surface area (Å²) in [6.45, 7) is 5.97. The minimum atomic E-state index is -2.22. The van der Waals surface area contributed by atoms with Crippen LogP contribution >= 0.6 is 0 Å². The number of pyridine rings is 2. The van der Waals surface area contributed by atoms with Crippen LogP contribution in [0.5, 0.6) is 0 Å². The molecule has 5 aromatic rings. The molecule has 2 amide bonds. The van der Waals surface area contributed by atoms with Crippen molar-refractivity contribution in [3.8, 4) is 11.5 Å². The van der Waals surface area contributed by atoms with Gasteiger partial charge in [-0.15, -0.1) is 0 Å². The number of morpholine rings is 1. The summed E-state index contributed by atoms with van der Waals surface area (Å²) in [5.41, 5.74) is 3.82. The van der Waals surface area contributed by atoms with Gasteiger partial charge in [0.15, 0.2) is 5.82 Å². The number of halogens is 1. The van der Waals surface area contributed by atoms with Gasteiger partial charge in [-0.1, -0.05) is 18.9 Å². The molecule has 3 aliphatic rings. The van der Waals surface area contributed by atoms with Crippen LogP contribution in [0.4, 0.5) is 4.39 Å². The Kier molecular flexibility index (Phi) is 8.60. The molecule has 2 bridgehead atoms. The van der Waals surface area contributed by atoms with Gasteiger partial charge in [0.2, 0.25) is 5.67 Å². The molecule has 1 unspecified atom stereocenters. The van der Waals surface area contributed by atoms with E-state index in [4.69, 9.17) is 14.7 Å². The molecular weight excluding hydrogens is 635 g/mol.